The van der Waals surface area contributed by atoms with Crippen molar-refractivity contribution in [3.63, 3.8) is 0 Å². The van der Waals surface area contributed by atoms with Crippen LogP contribution in [0.2, 0.25) is 0 Å². The molecule has 6 nitrogen and oxygen atoms in total. The first-order valence-corrected chi connectivity index (χ1v) is 25.4. The van der Waals surface area contributed by atoms with E-state index in [2.05, 4.69) is 74.7 Å². The summed E-state index contributed by atoms with van der Waals surface area (Å²) < 4.78 is 5.92. The lowest BCUT2D eigenvalue weighted by Gasteiger charge is -2.24. The standard InChI is InChI=1S/C53H97NO5/c1-4-7-10-13-16-19-21-23-24-25-26-27-28-29-31-34-37-40-43-46-53(58)59-49(44-41-38-35-33-30-22-20-17-14-11-8-5-2)47-52(57)54-50(48-55)51(56)45-42-39-36-32-18-15-12-9-6-3/h8,11,16-17,19-20,23-24,49-51,55-56H,4-7,9-10,12-15,18,21-22,25-48H2,1-3H3,(H,54,57)/b11-8+,19-16-,20-17+,24-23-. The van der Waals surface area contributed by atoms with Crippen LogP contribution in [0.3, 0.4) is 0 Å². The Balaban J connectivity index is 4.51. The van der Waals surface area contributed by atoms with Crippen molar-refractivity contribution >= 4 is 11.9 Å². The third kappa shape index (κ3) is 42.3. The summed E-state index contributed by atoms with van der Waals surface area (Å²) >= 11 is 0. The highest BCUT2D eigenvalue weighted by Gasteiger charge is 2.24. The Morgan fingerprint density at radius 1 is 0.508 bits per heavy atom. The number of hydrogen-bond donors (Lipinski definition) is 3. The van der Waals surface area contributed by atoms with Crippen LogP contribution >= 0.6 is 0 Å². The zero-order valence-electron chi connectivity index (χ0n) is 39.1. The SMILES string of the molecule is CC/C=C/C/C=C/CCCCCCCC(CC(=O)NC(CO)C(O)CCCCCCCCCCC)OC(=O)CCCCCCCCCCC/C=C\C/C=C\CCCCC. The summed E-state index contributed by atoms with van der Waals surface area (Å²) in [6.07, 6.45) is 56.1. The molecular weight excluding hydrogens is 731 g/mol. The molecule has 3 atom stereocenters. The molecule has 1 amide bonds. The molecule has 0 aliphatic heterocycles. The summed E-state index contributed by atoms with van der Waals surface area (Å²) in [7, 11) is 0. The summed E-state index contributed by atoms with van der Waals surface area (Å²) in [5.74, 6) is -0.490. The third-order valence-electron chi connectivity index (χ3n) is 11.4. The summed E-state index contributed by atoms with van der Waals surface area (Å²) in [6.45, 7) is 6.33. The third-order valence-corrected chi connectivity index (χ3v) is 11.4. The van der Waals surface area contributed by atoms with Gasteiger partial charge in [-0.2, -0.15) is 0 Å². The Hall–Kier alpha value is -2.18. The van der Waals surface area contributed by atoms with Gasteiger partial charge in [0.15, 0.2) is 0 Å². The second kappa shape index (κ2) is 46.9. The Morgan fingerprint density at radius 3 is 1.41 bits per heavy atom. The van der Waals surface area contributed by atoms with E-state index in [1.807, 2.05) is 0 Å². The van der Waals surface area contributed by atoms with Crippen LogP contribution in [0.25, 0.3) is 0 Å². The van der Waals surface area contributed by atoms with E-state index >= 15 is 0 Å². The molecule has 59 heavy (non-hydrogen) atoms. The Morgan fingerprint density at radius 2 is 0.915 bits per heavy atom. The number of carbonyl (C=O) groups is 2. The quantitative estimate of drug-likeness (QED) is 0.0323. The fourth-order valence-corrected chi connectivity index (χ4v) is 7.56. The maximum atomic E-state index is 13.2. The number of ether oxygens (including phenoxy) is 1. The molecule has 0 heterocycles. The van der Waals surface area contributed by atoms with Gasteiger partial charge in [0, 0.05) is 6.42 Å². The fourth-order valence-electron chi connectivity index (χ4n) is 7.56. The monoisotopic (exact) mass is 828 g/mol. The number of carbonyl (C=O) groups excluding carboxylic acids is 2. The second-order valence-electron chi connectivity index (χ2n) is 17.2. The van der Waals surface area contributed by atoms with Gasteiger partial charge in [0.25, 0.3) is 0 Å². The lowest BCUT2D eigenvalue weighted by atomic mass is 10.0. The number of amides is 1. The fraction of sp³-hybridized carbons (Fsp3) is 0.811. The van der Waals surface area contributed by atoms with Gasteiger partial charge >= 0.3 is 5.97 Å². The van der Waals surface area contributed by atoms with Gasteiger partial charge in [0.1, 0.15) is 6.10 Å². The second-order valence-corrected chi connectivity index (χ2v) is 17.2. The van der Waals surface area contributed by atoms with E-state index in [9.17, 15) is 19.8 Å². The molecule has 0 aliphatic carbocycles. The predicted molar refractivity (Wildman–Crippen MR) is 255 cm³/mol. The first-order chi connectivity index (χ1) is 29.0. The molecule has 3 N–H and O–H groups in total. The molecule has 0 bridgehead atoms. The van der Waals surface area contributed by atoms with E-state index in [1.165, 1.54) is 122 Å². The smallest absolute Gasteiger partial charge is 0.306 e. The molecule has 0 aliphatic rings. The average molecular weight is 828 g/mol. The molecule has 0 aromatic carbocycles. The summed E-state index contributed by atoms with van der Waals surface area (Å²) in [6, 6.07) is -0.704. The van der Waals surface area contributed by atoms with Gasteiger partial charge in [-0.15, -0.1) is 0 Å². The zero-order chi connectivity index (χ0) is 43.1. The molecule has 0 saturated heterocycles. The van der Waals surface area contributed by atoms with Crippen molar-refractivity contribution in [2.75, 3.05) is 6.61 Å². The van der Waals surface area contributed by atoms with E-state index in [0.717, 1.165) is 83.5 Å². The molecule has 0 aromatic heterocycles. The average Bonchev–Trinajstić information content (AvgIpc) is 3.23. The number of rotatable bonds is 45. The highest BCUT2D eigenvalue weighted by Crippen LogP contribution is 2.18. The molecule has 6 heteroatoms. The first kappa shape index (κ1) is 56.8. The molecule has 0 fully saturated rings. The Bertz CT molecular complexity index is 1020. The molecule has 0 saturated carbocycles. The Kier molecular flexibility index (Phi) is 45.1. The number of aliphatic hydroxyl groups excluding tert-OH is 2. The van der Waals surface area contributed by atoms with Crippen LogP contribution in [0.1, 0.15) is 252 Å². The molecule has 0 aromatic rings. The number of unbranched alkanes of at least 4 members (excludes halogenated alkanes) is 25. The lowest BCUT2D eigenvalue weighted by Crippen LogP contribution is -2.46. The van der Waals surface area contributed by atoms with E-state index in [1.54, 1.807) is 0 Å². The van der Waals surface area contributed by atoms with Crippen LogP contribution in [0, 0.1) is 0 Å². The number of allylic oxidation sites excluding steroid dienone is 8. The highest BCUT2D eigenvalue weighted by atomic mass is 16.5. The highest BCUT2D eigenvalue weighted by molar-refractivity contribution is 5.77. The number of nitrogens with one attached hydrogen (secondary N) is 1. The van der Waals surface area contributed by atoms with Gasteiger partial charge in [0.2, 0.25) is 5.91 Å². The van der Waals surface area contributed by atoms with Crippen molar-refractivity contribution in [2.45, 2.75) is 270 Å². The molecule has 0 radical (unpaired) electrons. The summed E-state index contributed by atoms with van der Waals surface area (Å²) in [4.78, 5) is 26.1. The minimum atomic E-state index is -0.790. The van der Waals surface area contributed by atoms with Crippen LogP contribution in [0.4, 0.5) is 0 Å². The van der Waals surface area contributed by atoms with Gasteiger partial charge in [-0.25, -0.2) is 0 Å². The van der Waals surface area contributed by atoms with Crippen LogP contribution in [0.5, 0.6) is 0 Å². The van der Waals surface area contributed by atoms with Crippen molar-refractivity contribution in [1.29, 1.82) is 0 Å². The first-order valence-electron chi connectivity index (χ1n) is 25.4. The van der Waals surface area contributed by atoms with E-state index in [-0.39, 0.29) is 24.9 Å². The minimum absolute atomic E-state index is 0.0666. The molecule has 3 unspecified atom stereocenters. The minimum Gasteiger partial charge on any atom is -0.462 e. The maximum absolute atomic E-state index is 13.2. The predicted octanol–water partition coefficient (Wildman–Crippen LogP) is 15.1. The van der Waals surface area contributed by atoms with Crippen molar-refractivity contribution in [2.24, 2.45) is 0 Å². The lowest BCUT2D eigenvalue weighted by molar-refractivity contribution is -0.151. The summed E-state index contributed by atoms with van der Waals surface area (Å²) in [5, 5.41) is 23.6. The number of hydrogen-bond acceptors (Lipinski definition) is 5. The van der Waals surface area contributed by atoms with Crippen LogP contribution in [0.15, 0.2) is 48.6 Å². The van der Waals surface area contributed by atoms with Gasteiger partial charge in [-0.1, -0.05) is 204 Å². The normalized spacial score (nSPS) is 13.6. The maximum Gasteiger partial charge on any atom is 0.306 e. The van der Waals surface area contributed by atoms with Crippen molar-refractivity contribution < 1.29 is 24.5 Å². The topological polar surface area (TPSA) is 95.9 Å². The van der Waals surface area contributed by atoms with Crippen molar-refractivity contribution in [3.8, 4) is 0 Å². The molecule has 344 valence electrons. The largest absolute Gasteiger partial charge is 0.462 e. The van der Waals surface area contributed by atoms with Crippen LogP contribution < -0.4 is 5.32 Å². The van der Waals surface area contributed by atoms with Crippen molar-refractivity contribution in [1.82, 2.24) is 5.32 Å². The number of aliphatic hydroxyl groups is 2. The van der Waals surface area contributed by atoms with Gasteiger partial charge in [-0.3, -0.25) is 9.59 Å². The van der Waals surface area contributed by atoms with Gasteiger partial charge in [-0.05, 0) is 83.5 Å². The zero-order valence-corrected chi connectivity index (χ0v) is 39.1. The molecular formula is C53H97NO5. The molecule has 0 spiro atoms. The van der Waals surface area contributed by atoms with Crippen LogP contribution in [-0.4, -0.2) is 46.9 Å². The van der Waals surface area contributed by atoms with Crippen LogP contribution in [-0.2, 0) is 14.3 Å². The van der Waals surface area contributed by atoms with Gasteiger partial charge < -0.3 is 20.3 Å². The number of esters is 1. The summed E-state index contributed by atoms with van der Waals surface area (Å²) in [5.41, 5.74) is 0. The van der Waals surface area contributed by atoms with Gasteiger partial charge in [0.05, 0.1) is 25.2 Å². The van der Waals surface area contributed by atoms with E-state index < -0.39 is 18.2 Å². The van der Waals surface area contributed by atoms with Crippen molar-refractivity contribution in [3.05, 3.63) is 48.6 Å². The van der Waals surface area contributed by atoms with E-state index in [4.69, 9.17) is 4.74 Å². The Labute approximate surface area is 366 Å². The molecule has 0 rings (SSSR count). The van der Waals surface area contributed by atoms with E-state index in [0.29, 0.717) is 19.3 Å².